The number of nitrogens with two attached hydrogens (primary N) is 1. The monoisotopic (exact) mass is 230 g/mol. The molecule has 0 aliphatic carbocycles. The Hall–Kier alpha value is -1.28. The first kappa shape index (κ1) is 12.2. The number of hydrogen-bond donors (Lipinski definition) is 1. The maximum Gasteiger partial charge on any atom is 0.0515 e. The van der Waals surface area contributed by atoms with E-state index in [1.54, 1.807) is 0 Å². The SMILES string of the molecule is Cc1ccc2c(C)c(CCCN)n(C)c2c1C. The predicted octanol–water partition coefficient (Wildman–Crippen LogP) is 2.99. The molecule has 2 rings (SSSR count). The number of benzene rings is 1. The van der Waals surface area contributed by atoms with Gasteiger partial charge in [-0.1, -0.05) is 12.1 Å². The Labute approximate surface area is 103 Å². The molecule has 0 amide bonds. The van der Waals surface area contributed by atoms with Crippen LogP contribution in [0.5, 0.6) is 0 Å². The Kier molecular flexibility index (Phi) is 3.25. The van der Waals surface area contributed by atoms with E-state index in [0.29, 0.717) is 0 Å². The second-order valence-electron chi connectivity index (χ2n) is 4.93. The molecule has 0 radical (unpaired) electrons. The first-order chi connectivity index (χ1) is 8.07. The van der Waals surface area contributed by atoms with Crippen LogP contribution in [0.25, 0.3) is 10.9 Å². The van der Waals surface area contributed by atoms with Gasteiger partial charge in [0.25, 0.3) is 0 Å². The van der Waals surface area contributed by atoms with Crippen LogP contribution in [-0.4, -0.2) is 11.1 Å². The molecule has 2 heteroatoms. The fourth-order valence-corrected chi connectivity index (χ4v) is 2.70. The number of aromatic nitrogens is 1. The van der Waals surface area contributed by atoms with Gasteiger partial charge in [0, 0.05) is 18.1 Å². The van der Waals surface area contributed by atoms with E-state index in [4.69, 9.17) is 5.73 Å². The lowest BCUT2D eigenvalue weighted by atomic mass is 10.0. The zero-order valence-corrected chi connectivity index (χ0v) is 11.3. The highest BCUT2D eigenvalue weighted by Gasteiger charge is 2.13. The summed E-state index contributed by atoms with van der Waals surface area (Å²) < 4.78 is 2.35. The summed E-state index contributed by atoms with van der Waals surface area (Å²) in [6, 6.07) is 4.47. The van der Waals surface area contributed by atoms with Crippen LogP contribution < -0.4 is 5.73 Å². The van der Waals surface area contributed by atoms with Gasteiger partial charge in [-0.2, -0.15) is 0 Å². The lowest BCUT2D eigenvalue weighted by molar-refractivity contribution is 0.760. The molecule has 2 nitrogen and oxygen atoms in total. The van der Waals surface area contributed by atoms with Crippen LogP contribution in [-0.2, 0) is 13.5 Å². The van der Waals surface area contributed by atoms with Crippen molar-refractivity contribution >= 4 is 10.9 Å². The molecule has 2 aromatic rings. The third kappa shape index (κ3) is 1.87. The molecular formula is C15H22N2. The lowest BCUT2D eigenvalue weighted by Gasteiger charge is -2.07. The van der Waals surface area contributed by atoms with Crippen LogP contribution in [0.4, 0.5) is 0 Å². The van der Waals surface area contributed by atoms with Gasteiger partial charge in [0.15, 0.2) is 0 Å². The summed E-state index contributed by atoms with van der Waals surface area (Å²) in [7, 11) is 2.17. The highest BCUT2D eigenvalue weighted by Crippen LogP contribution is 2.29. The normalized spacial score (nSPS) is 11.4. The molecule has 0 fully saturated rings. The van der Waals surface area contributed by atoms with Crippen LogP contribution in [0.3, 0.4) is 0 Å². The molecule has 1 aromatic carbocycles. The molecule has 0 saturated heterocycles. The van der Waals surface area contributed by atoms with E-state index >= 15 is 0 Å². The molecule has 92 valence electrons. The standard InChI is InChI=1S/C15H22N2/c1-10-7-8-13-12(3)14(6-5-9-16)17(4)15(13)11(10)2/h7-8H,5-6,9,16H2,1-4H3. The van der Waals surface area contributed by atoms with Crippen molar-refractivity contribution in [2.24, 2.45) is 12.8 Å². The van der Waals surface area contributed by atoms with Crippen LogP contribution >= 0.6 is 0 Å². The van der Waals surface area contributed by atoms with Crippen LogP contribution in [0.15, 0.2) is 12.1 Å². The molecule has 0 unspecified atom stereocenters. The maximum absolute atomic E-state index is 5.62. The summed E-state index contributed by atoms with van der Waals surface area (Å²) in [4.78, 5) is 0. The van der Waals surface area contributed by atoms with Gasteiger partial charge in [-0.3, -0.25) is 0 Å². The largest absolute Gasteiger partial charge is 0.347 e. The van der Waals surface area contributed by atoms with Gasteiger partial charge in [0.05, 0.1) is 5.52 Å². The Morgan fingerprint density at radius 1 is 1.12 bits per heavy atom. The van der Waals surface area contributed by atoms with E-state index in [-0.39, 0.29) is 0 Å². The minimum absolute atomic E-state index is 0.763. The second kappa shape index (κ2) is 4.53. The third-order valence-electron chi connectivity index (χ3n) is 3.90. The van der Waals surface area contributed by atoms with Crippen molar-refractivity contribution in [1.82, 2.24) is 4.57 Å². The molecule has 0 atom stereocenters. The van der Waals surface area contributed by atoms with Gasteiger partial charge in [-0.25, -0.2) is 0 Å². The summed E-state index contributed by atoms with van der Waals surface area (Å²) in [5.74, 6) is 0. The van der Waals surface area contributed by atoms with Crippen LogP contribution in [0, 0.1) is 20.8 Å². The van der Waals surface area contributed by atoms with E-state index in [2.05, 4.69) is 44.5 Å². The van der Waals surface area contributed by atoms with Crippen molar-refractivity contribution in [1.29, 1.82) is 0 Å². The van der Waals surface area contributed by atoms with E-state index in [0.717, 1.165) is 19.4 Å². The van der Waals surface area contributed by atoms with E-state index in [1.807, 2.05) is 0 Å². The first-order valence-electron chi connectivity index (χ1n) is 6.32. The number of rotatable bonds is 3. The Balaban J connectivity index is 2.67. The van der Waals surface area contributed by atoms with Gasteiger partial charge in [0.2, 0.25) is 0 Å². The first-order valence-corrected chi connectivity index (χ1v) is 6.32. The zero-order valence-electron chi connectivity index (χ0n) is 11.3. The fraction of sp³-hybridized carbons (Fsp3) is 0.467. The van der Waals surface area contributed by atoms with Crippen molar-refractivity contribution < 1.29 is 0 Å². The van der Waals surface area contributed by atoms with Gasteiger partial charge in [0.1, 0.15) is 0 Å². The smallest absolute Gasteiger partial charge is 0.0515 e. The highest BCUT2D eigenvalue weighted by atomic mass is 15.0. The van der Waals surface area contributed by atoms with Crippen LogP contribution in [0.1, 0.15) is 28.8 Å². The maximum atomic E-state index is 5.62. The molecule has 0 aliphatic rings. The van der Waals surface area contributed by atoms with E-state index in [1.165, 1.54) is 33.3 Å². The average molecular weight is 230 g/mol. The average Bonchev–Trinajstić information content (AvgIpc) is 2.55. The molecule has 1 aromatic heterocycles. The summed E-state index contributed by atoms with van der Waals surface area (Å²) in [6.07, 6.45) is 2.13. The molecule has 0 bridgehead atoms. The molecule has 2 N–H and O–H groups in total. The molecule has 17 heavy (non-hydrogen) atoms. The number of hydrogen-bond acceptors (Lipinski definition) is 1. The topological polar surface area (TPSA) is 30.9 Å². The summed E-state index contributed by atoms with van der Waals surface area (Å²) >= 11 is 0. The lowest BCUT2D eigenvalue weighted by Crippen LogP contribution is -2.04. The predicted molar refractivity (Wildman–Crippen MR) is 74.5 cm³/mol. The molecule has 0 aliphatic heterocycles. The Bertz CT molecular complexity index is 550. The molecular weight excluding hydrogens is 208 g/mol. The summed E-state index contributed by atoms with van der Waals surface area (Å²) in [5.41, 5.74) is 12.6. The minimum Gasteiger partial charge on any atom is -0.347 e. The van der Waals surface area contributed by atoms with Gasteiger partial charge >= 0.3 is 0 Å². The van der Waals surface area contributed by atoms with Gasteiger partial charge < -0.3 is 10.3 Å². The van der Waals surface area contributed by atoms with Gasteiger partial charge in [-0.05, 0) is 56.8 Å². The van der Waals surface area contributed by atoms with Crippen molar-refractivity contribution in [3.8, 4) is 0 Å². The molecule has 0 saturated carbocycles. The quantitative estimate of drug-likeness (QED) is 0.863. The summed E-state index contributed by atoms with van der Waals surface area (Å²) in [6.45, 7) is 7.38. The van der Waals surface area contributed by atoms with Crippen molar-refractivity contribution in [2.45, 2.75) is 33.6 Å². The Morgan fingerprint density at radius 2 is 1.82 bits per heavy atom. The van der Waals surface area contributed by atoms with E-state index in [9.17, 15) is 0 Å². The minimum atomic E-state index is 0.763. The summed E-state index contributed by atoms with van der Waals surface area (Å²) in [5, 5.41) is 1.39. The highest BCUT2D eigenvalue weighted by molar-refractivity contribution is 5.88. The van der Waals surface area contributed by atoms with Gasteiger partial charge in [-0.15, -0.1) is 0 Å². The van der Waals surface area contributed by atoms with Crippen molar-refractivity contribution in [2.75, 3.05) is 6.54 Å². The van der Waals surface area contributed by atoms with Crippen molar-refractivity contribution in [3.05, 3.63) is 34.5 Å². The number of aryl methyl sites for hydroxylation is 4. The second-order valence-corrected chi connectivity index (χ2v) is 4.93. The number of nitrogens with zero attached hydrogens (tertiary/aromatic N) is 1. The van der Waals surface area contributed by atoms with Crippen LogP contribution in [0.2, 0.25) is 0 Å². The fourth-order valence-electron chi connectivity index (χ4n) is 2.70. The molecule has 0 spiro atoms. The van der Waals surface area contributed by atoms with E-state index < -0.39 is 0 Å². The Morgan fingerprint density at radius 3 is 2.47 bits per heavy atom. The number of fused-ring (bicyclic) bond motifs is 1. The molecule has 1 heterocycles. The third-order valence-corrected chi connectivity index (χ3v) is 3.90. The zero-order chi connectivity index (χ0) is 12.6. The van der Waals surface area contributed by atoms with Crippen molar-refractivity contribution in [3.63, 3.8) is 0 Å².